The molecule has 1 saturated heterocycles. The molecule has 0 saturated carbocycles. The third kappa shape index (κ3) is 4.23. The quantitative estimate of drug-likeness (QED) is 0.682. The molecule has 160 valence electrons. The molecule has 0 spiro atoms. The van der Waals surface area contributed by atoms with Crippen LogP contribution in [0.2, 0.25) is 0 Å². The highest BCUT2D eigenvalue weighted by Gasteiger charge is 2.29. The lowest BCUT2D eigenvalue weighted by Crippen LogP contribution is -2.40. The van der Waals surface area contributed by atoms with Crippen LogP contribution in [0, 0.1) is 0 Å². The number of hydrogen-bond acceptors (Lipinski definition) is 5. The summed E-state index contributed by atoms with van der Waals surface area (Å²) in [7, 11) is -3.68. The van der Waals surface area contributed by atoms with Crippen molar-refractivity contribution in [3.63, 3.8) is 0 Å². The number of hydrogen-bond donors (Lipinski definition) is 0. The van der Waals surface area contributed by atoms with Crippen LogP contribution in [0.3, 0.4) is 0 Å². The molecule has 2 aromatic rings. The second-order valence-electron chi connectivity index (χ2n) is 7.90. The van der Waals surface area contributed by atoms with Crippen LogP contribution >= 0.6 is 0 Å². The van der Waals surface area contributed by atoms with E-state index in [1.54, 1.807) is 12.1 Å². The van der Waals surface area contributed by atoms with Crippen LogP contribution < -0.4 is 4.31 Å². The number of rotatable bonds is 5. The zero-order chi connectivity index (χ0) is 21.1. The third-order valence-corrected chi connectivity index (χ3v) is 7.76. The van der Waals surface area contributed by atoms with Crippen molar-refractivity contribution < 1.29 is 17.9 Å². The summed E-state index contributed by atoms with van der Waals surface area (Å²) < 4.78 is 33.6. The van der Waals surface area contributed by atoms with Crippen molar-refractivity contribution in [2.45, 2.75) is 43.6 Å². The van der Waals surface area contributed by atoms with Crippen LogP contribution in [0.4, 0.5) is 5.69 Å². The number of carbonyl (C=O) groups excluding carboxylic acids is 1. The SMILES string of the molecule is CCN1CCCC(OC(=O)c2ccc(S(=O)(=O)N3CCCc4ccccc43)cc2)C1. The minimum atomic E-state index is -3.68. The Bertz CT molecular complexity index is 1000. The summed E-state index contributed by atoms with van der Waals surface area (Å²) in [6.45, 7) is 5.29. The molecule has 0 amide bonds. The van der Waals surface area contributed by atoms with Gasteiger partial charge in [0.2, 0.25) is 0 Å². The lowest BCUT2D eigenvalue weighted by molar-refractivity contribution is 0.00773. The third-order valence-electron chi connectivity index (χ3n) is 5.93. The highest BCUT2D eigenvalue weighted by Crippen LogP contribution is 2.31. The second kappa shape index (κ2) is 8.78. The molecule has 0 bridgehead atoms. The summed E-state index contributed by atoms with van der Waals surface area (Å²) in [5.74, 6) is -0.398. The minimum Gasteiger partial charge on any atom is -0.457 e. The number of carbonyl (C=O) groups is 1. The van der Waals surface area contributed by atoms with Gasteiger partial charge in [-0.05, 0) is 74.7 Å². The Hall–Kier alpha value is -2.38. The van der Waals surface area contributed by atoms with Gasteiger partial charge in [0.1, 0.15) is 6.10 Å². The van der Waals surface area contributed by atoms with Gasteiger partial charge in [0.15, 0.2) is 0 Å². The maximum absolute atomic E-state index is 13.2. The normalized spacial score (nSPS) is 19.9. The zero-order valence-corrected chi connectivity index (χ0v) is 18.1. The van der Waals surface area contributed by atoms with Gasteiger partial charge < -0.3 is 4.74 Å². The Labute approximate surface area is 178 Å². The second-order valence-corrected chi connectivity index (χ2v) is 9.76. The van der Waals surface area contributed by atoms with Crippen molar-refractivity contribution in [2.24, 2.45) is 0 Å². The largest absolute Gasteiger partial charge is 0.457 e. The van der Waals surface area contributed by atoms with Crippen molar-refractivity contribution in [1.29, 1.82) is 0 Å². The maximum Gasteiger partial charge on any atom is 0.338 e. The molecule has 0 radical (unpaired) electrons. The summed E-state index contributed by atoms with van der Waals surface area (Å²) in [5, 5.41) is 0. The Morgan fingerprint density at radius 1 is 1.07 bits per heavy atom. The Morgan fingerprint density at radius 2 is 1.83 bits per heavy atom. The van der Waals surface area contributed by atoms with Gasteiger partial charge in [-0.15, -0.1) is 0 Å². The number of benzene rings is 2. The number of ether oxygens (including phenoxy) is 1. The fourth-order valence-electron chi connectivity index (χ4n) is 4.25. The number of likely N-dealkylation sites (N-methyl/N-ethyl adjacent to an activating group) is 1. The average molecular weight is 429 g/mol. The van der Waals surface area contributed by atoms with Crippen molar-refractivity contribution in [3.05, 3.63) is 59.7 Å². The molecule has 30 heavy (non-hydrogen) atoms. The van der Waals surface area contributed by atoms with Gasteiger partial charge in [-0.1, -0.05) is 25.1 Å². The van der Waals surface area contributed by atoms with Crippen LogP contribution in [0.1, 0.15) is 42.1 Å². The van der Waals surface area contributed by atoms with Crippen molar-refractivity contribution >= 4 is 21.7 Å². The highest BCUT2D eigenvalue weighted by molar-refractivity contribution is 7.92. The van der Waals surface area contributed by atoms with Gasteiger partial charge >= 0.3 is 5.97 Å². The maximum atomic E-state index is 13.2. The number of anilines is 1. The van der Waals surface area contributed by atoms with E-state index in [1.807, 2.05) is 24.3 Å². The van der Waals surface area contributed by atoms with E-state index in [9.17, 15) is 13.2 Å². The summed E-state index contributed by atoms with van der Waals surface area (Å²) >= 11 is 0. The molecule has 2 aliphatic heterocycles. The number of nitrogens with zero attached hydrogens (tertiary/aromatic N) is 2. The molecule has 0 N–H and O–H groups in total. The molecule has 0 aromatic heterocycles. The fraction of sp³-hybridized carbons (Fsp3) is 0.435. The molecule has 4 rings (SSSR count). The summed E-state index contributed by atoms with van der Waals surface area (Å²) in [5.41, 5.74) is 2.16. The first-order chi connectivity index (χ1) is 14.5. The lowest BCUT2D eigenvalue weighted by Gasteiger charge is -2.31. The Kier molecular flexibility index (Phi) is 6.11. The first kappa shape index (κ1) is 20.9. The van der Waals surface area contributed by atoms with E-state index in [-0.39, 0.29) is 11.0 Å². The van der Waals surface area contributed by atoms with Crippen molar-refractivity contribution in [2.75, 3.05) is 30.5 Å². The predicted molar refractivity (Wildman–Crippen MR) is 116 cm³/mol. The first-order valence-corrected chi connectivity index (χ1v) is 12.1. The number of para-hydroxylation sites is 1. The van der Waals surface area contributed by atoms with Gasteiger partial charge in [0.05, 0.1) is 16.1 Å². The van der Waals surface area contributed by atoms with Gasteiger partial charge in [-0.25, -0.2) is 13.2 Å². The van der Waals surface area contributed by atoms with Gasteiger partial charge in [0, 0.05) is 13.1 Å². The van der Waals surface area contributed by atoms with Gasteiger partial charge in [0.25, 0.3) is 10.0 Å². The summed E-state index contributed by atoms with van der Waals surface area (Å²) in [4.78, 5) is 15.0. The van der Waals surface area contributed by atoms with Crippen LogP contribution in [0.25, 0.3) is 0 Å². The number of sulfonamides is 1. The zero-order valence-electron chi connectivity index (χ0n) is 17.3. The van der Waals surface area contributed by atoms with Crippen LogP contribution in [-0.2, 0) is 21.2 Å². The van der Waals surface area contributed by atoms with E-state index in [4.69, 9.17) is 4.74 Å². The minimum absolute atomic E-state index is 0.112. The lowest BCUT2D eigenvalue weighted by atomic mass is 10.0. The molecule has 2 aliphatic rings. The van der Waals surface area contributed by atoms with Crippen LogP contribution in [-0.4, -0.2) is 51.6 Å². The van der Waals surface area contributed by atoms with E-state index >= 15 is 0 Å². The monoisotopic (exact) mass is 428 g/mol. The number of piperidine rings is 1. The number of esters is 1. The Morgan fingerprint density at radius 3 is 2.60 bits per heavy atom. The van der Waals surface area contributed by atoms with E-state index in [0.717, 1.165) is 56.6 Å². The first-order valence-electron chi connectivity index (χ1n) is 10.6. The fourth-order valence-corrected chi connectivity index (χ4v) is 5.80. The molecule has 1 atom stereocenters. The van der Waals surface area contributed by atoms with E-state index in [0.29, 0.717) is 12.1 Å². The standard InChI is InChI=1S/C23H28N2O4S/c1-2-24-15-6-9-20(17-24)29-23(26)19-11-13-21(14-12-19)30(27,28)25-16-5-8-18-7-3-4-10-22(18)25/h3-4,7,10-14,20H,2,5-6,8-9,15-17H2,1H3. The van der Waals surface area contributed by atoms with Crippen LogP contribution in [0.15, 0.2) is 53.4 Å². The molecule has 0 aliphatic carbocycles. The van der Waals surface area contributed by atoms with Crippen molar-refractivity contribution in [1.82, 2.24) is 4.90 Å². The molecular weight excluding hydrogens is 400 g/mol. The molecule has 2 aromatic carbocycles. The van der Waals surface area contributed by atoms with Crippen molar-refractivity contribution in [3.8, 4) is 0 Å². The predicted octanol–water partition coefficient (Wildman–Crippen LogP) is 3.47. The number of likely N-dealkylation sites (tertiary alicyclic amines) is 1. The molecule has 2 heterocycles. The molecule has 7 heteroatoms. The molecular formula is C23H28N2O4S. The average Bonchev–Trinajstić information content (AvgIpc) is 2.79. The molecule has 1 unspecified atom stereocenters. The summed E-state index contributed by atoms with van der Waals surface area (Å²) in [6, 6.07) is 13.7. The topological polar surface area (TPSA) is 66.9 Å². The van der Waals surface area contributed by atoms with Gasteiger partial charge in [-0.2, -0.15) is 0 Å². The highest BCUT2D eigenvalue weighted by atomic mass is 32.2. The van der Waals surface area contributed by atoms with E-state index < -0.39 is 16.0 Å². The molecule has 6 nitrogen and oxygen atoms in total. The number of fused-ring (bicyclic) bond motifs is 1. The van der Waals surface area contributed by atoms with E-state index in [1.165, 1.54) is 16.4 Å². The van der Waals surface area contributed by atoms with Gasteiger partial charge in [-0.3, -0.25) is 9.21 Å². The Balaban J connectivity index is 1.49. The van der Waals surface area contributed by atoms with E-state index in [2.05, 4.69) is 11.8 Å². The number of aryl methyl sites for hydroxylation is 1. The molecule has 1 fully saturated rings. The van der Waals surface area contributed by atoms with Crippen LogP contribution in [0.5, 0.6) is 0 Å². The summed E-state index contributed by atoms with van der Waals surface area (Å²) in [6.07, 6.45) is 3.43. The smallest absolute Gasteiger partial charge is 0.338 e.